The Labute approximate surface area is 109 Å². The van der Waals surface area contributed by atoms with Crippen LogP contribution in [0.15, 0.2) is 39.4 Å². The second-order valence-corrected chi connectivity index (χ2v) is 5.24. The summed E-state index contributed by atoms with van der Waals surface area (Å²) in [6, 6.07) is 8.57. The zero-order chi connectivity index (χ0) is 11.7. The van der Waals surface area contributed by atoms with Gasteiger partial charge >= 0.3 is 0 Å². The van der Waals surface area contributed by atoms with E-state index in [0.717, 1.165) is 10.2 Å². The molecule has 1 aromatic carbocycles. The van der Waals surface area contributed by atoms with E-state index < -0.39 is 0 Å². The molecule has 0 amide bonds. The maximum atomic E-state index is 5.37. The fourth-order valence-electron chi connectivity index (χ4n) is 2.32. The molecule has 3 rings (SSSR count). The van der Waals surface area contributed by atoms with Gasteiger partial charge in [-0.25, -0.2) is 0 Å². The van der Waals surface area contributed by atoms with Crippen LogP contribution in [0.2, 0.25) is 0 Å². The minimum absolute atomic E-state index is 0.715. The molecular weight excluding hydrogens is 278 g/mol. The third-order valence-corrected chi connectivity index (χ3v) is 3.95. The van der Waals surface area contributed by atoms with Crippen molar-refractivity contribution in [3.8, 4) is 0 Å². The standard InChI is InChI=1S/C14H14BrNO/c15-13-6-7-17-14(13)9-16-12-5-4-10-2-1-3-11(10)8-12/h4-8,16H,1-3,9H2. The van der Waals surface area contributed by atoms with E-state index in [2.05, 4.69) is 39.4 Å². The van der Waals surface area contributed by atoms with Gasteiger partial charge in [0, 0.05) is 5.69 Å². The first-order valence-corrected chi connectivity index (χ1v) is 6.70. The molecule has 0 spiro atoms. The van der Waals surface area contributed by atoms with E-state index in [1.54, 1.807) is 6.26 Å². The van der Waals surface area contributed by atoms with E-state index in [1.807, 2.05) is 6.07 Å². The summed E-state index contributed by atoms with van der Waals surface area (Å²) in [5.41, 5.74) is 4.18. The number of rotatable bonds is 3. The molecule has 0 radical (unpaired) electrons. The predicted molar refractivity (Wildman–Crippen MR) is 72.2 cm³/mol. The first kappa shape index (κ1) is 10.9. The highest BCUT2D eigenvalue weighted by atomic mass is 79.9. The maximum absolute atomic E-state index is 5.37. The summed E-state index contributed by atoms with van der Waals surface area (Å²) >= 11 is 3.46. The van der Waals surface area contributed by atoms with E-state index in [9.17, 15) is 0 Å². The summed E-state index contributed by atoms with van der Waals surface area (Å²) < 4.78 is 6.39. The molecule has 0 aliphatic heterocycles. The molecule has 0 unspecified atom stereocenters. The molecule has 88 valence electrons. The molecular formula is C14H14BrNO. The van der Waals surface area contributed by atoms with Gasteiger partial charge in [0.25, 0.3) is 0 Å². The minimum Gasteiger partial charge on any atom is -0.466 e. The fourth-order valence-corrected chi connectivity index (χ4v) is 2.66. The van der Waals surface area contributed by atoms with Crippen LogP contribution in [-0.4, -0.2) is 0 Å². The van der Waals surface area contributed by atoms with Gasteiger partial charge < -0.3 is 9.73 Å². The number of fused-ring (bicyclic) bond motifs is 1. The molecule has 0 saturated heterocycles. The highest BCUT2D eigenvalue weighted by Crippen LogP contribution is 2.25. The molecule has 1 N–H and O–H groups in total. The highest BCUT2D eigenvalue weighted by Gasteiger charge is 2.11. The van der Waals surface area contributed by atoms with E-state index in [1.165, 1.54) is 36.1 Å². The van der Waals surface area contributed by atoms with Gasteiger partial charge in [0.1, 0.15) is 5.76 Å². The van der Waals surface area contributed by atoms with Gasteiger partial charge in [0.05, 0.1) is 17.3 Å². The average molecular weight is 292 g/mol. The molecule has 1 aliphatic rings. The molecule has 2 nitrogen and oxygen atoms in total. The lowest BCUT2D eigenvalue weighted by molar-refractivity contribution is 0.516. The minimum atomic E-state index is 0.715. The molecule has 1 aromatic heterocycles. The Hall–Kier alpha value is -1.22. The number of anilines is 1. The summed E-state index contributed by atoms with van der Waals surface area (Å²) in [5, 5.41) is 3.39. The van der Waals surface area contributed by atoms with Crippen LogP contribution >= 0.6 is 15.9 Å². The van der Waals surface area contributed by atoms with Crippen molar-refractivity contribution in [3.63, 3.8) is 0 Å². The van der Waals surface area contributed by atoms with Crippen LogP contribution in [-0.2, 0) is 19.4 Å². The monoisotopic (exact) mass is 291 g/mol. The smallest absolute Gasteiger partial charge is 0.136 e. The second-order valence-electron chi connectivity index (χ2n) is 4.38. The Morgan fingerprint density at radius 1 is 1.18 bits per heavy atom. The lowest BCUT2D eigenvalue weighted by atomic mass is 10.1. The van der Waals surface area contributed by atoms with Gasteiger partial charge in [0.2, 0.25) is 0 Å². The summed E-state index contributed by atoms with van der Waals surface area (Å²) in [5.74, 6) is 0.936. The molecule has 17 heavy (non-hydrogen) atoms. The van der Waals surface area contributed by atoms with Gasteiger partial charge in [0.15, 0.2) is 0 Å². The Kier molecular flexibility index (Phi) is 2.93. The van der Waals surface area contributed by atoms with Crippen molar-refractivity contribution in [2.24, 2.45) is 0 Å². The van der Waals surface area contributed by atoms with Crippen molar-refractivity contribution in [3.05, 3.63) is 51.9 Å². The van der Waals surface area contributed by atoms with Crippen LogP contribution in [0.3, 0.4) is 0 Å². The molecule has 0 saturated carbocycles. The number of hydrogen-bond donors (Lipinski definition) is 1. The number of nitrogens with one attached hydrogen (secondary N) is 1. The average Bonchev–Trinajstić information content (AvgIpc) is 2.94. The van der Waals surface area contributed by atoms with Crippen molar-refractivity contribution in [2.75, 3.05) is 5.32 Å². The van der Waals surface area contributed by atoms with Crippen molar-refractivity contribution in [1.82, 2.24) is 0 Å². The van der Waals surface area contributed by atoms with Crippen LogP contribution in [0.5, 0.6) is 0 Å². The van der Waals surface area contributed by atoms with E-state index in [4.69, 9.17) is 4.42 Å². The molecule has 0 atom stereocenters. The van der Waals surface area contributed by atoms with Crippen molar-refractivity contribution in [2.45, 2.75) is 25.8 Å². The van der Waals surface area contributed by atoms with Crippen molar-refractivity contribution < 1.29 is 4.42 Å². The normalized spacial score (nSPS) is 13.7. The van der Waals surface area contributed by atoms with E-state index >= 15 is 0 Å². The first-order chi connectivity index (χ1) is 8.33. The zero-order valence-electron chi connectivity index (χ0n) is 9.50. The van der Waals surface area contributed by atoms with Gasteiger partial charge in [-0.2, -0.15) is 0 Å². The fraction of sp³-hybridized carbons (Fsp3) is 0.286. The van der Waals surface area contributed by atoms with Crippen LogP contribution in [0.4, 0.5) is 5.69 Å². The first-order valence-electron chi connectivity index (χ1n) is 5.90. The number of furan rings is 1. The Morgan fingerprint density at radius 2 is 2.06 bits per heavy atom. The van der Waals surface area contributed by atoms with Gasteiger partial charge in [-0.15, -0.1) is 0 Å². The Balaban J connectivity index is 1.72. The largest absolute Gasteiger partial charge is 0.466 e. The lowest BCUT2D eigenvalue weighted by Gasteiger charge is -2.07. The molecule has 3 heteroatoms. The summed E-state index contributed by atoms with van der Waals surface area (Å²) in [6.45, 7) is 0.715. The molecule has 1 heterocycles. The summed E-state index contributed by atoms with van der Waals surface area (Å²) in [6.07, 6.45) is 5.45. The molecule has 0 fully saturated rings. The predicted octanol–water partition coefficient (Wildman–Crippen LogP) is 4.14. The van der Waals surface area contributed by atoms with E-state index in [-0.39, 0.29) is 0 Å². The lowest BCUT2D eigenvalue weighted by Crippen LogP contribution is -1.99. The topological polar surface area (TPSA) is 25.2 Å². The van der Waals surface area contributed by atoms with Crippen LogP contribution in [0, 0.1) is 0 Å². The molecule has 1 aliphatic carbocycles. The Bertz CT molecular complexity index is 533. The molecule has 0 bridgehead atoms. The number of hydrogen-bond acceptors (Lipinski definition) is 2. The zero-order valence-corrected chi connectivity index (χ0v) is 11.1. The van der Waals surface area contributed by atoms with E-state index in [0.29, 0.717) is 6.54 Å². The summed E-state index contributed by atoms with van der Waals surface area (Å²) in [7, 11) is 0. The van der Waals surface area contributed by atoms with Gasteiger partial charge in [-0.3, -0.25) is 0 Å². The number of halogens is 1. The Morgan fingerprint density at radius 3 is 2.88 bits per heavy atom. The van der Waals surface area contributed by atoms with Gasteiger partial charge in [-0.1, -0.05) is 6.07 Å². The molecule has 2 aromatic rings. The van der Waals surface area contributed by atoms with Gasteiger partial charge in [-0.05, 0) is 64.5 Å². The SMILES string of the molecule is Brc1ccoc1CNc1ccc2c(c1)CCC2. The summed E-state index contributed by atoms with van der Waals surface area (Å²) in [4.78, 5) is 0. The number of aryl methyl sites for hydroxylation is 2. The van der Waals surface area contributed by atoms with Crippen LogP contribution < -0.4 is 5.32 Å². The maximum Gasteiger partial charge on any atom is 0.136 e. The van der Waals surface area contributed by atoms with Crippen molar-refractivity contribution >= 4 is 21.6 Å². The van der Waals surface area contributed by atoms with Crippen LogP contribution in [0.25, 0.3) is 0 Å². The number of benzene rings is 1. The van der Waals surface area contributed by atoms with Crippen molar-refractivity contribution in [1.29, 1.82) is 0 Å². The third-order valence-electron chi connectivity index (χ3n) is 3.24. The highest BCUT2D eigenvalue weighted by molar-refractivity contribution is 9.10. The second kappa shape index (κ2) is 4.57. The third kappa shape index (κ3) is 2.25. The quantitative estimate of drug-likeness (QED) is 0.919. The van der Waals surface area contributed by atoms with Crippen LogP contribution in [0.1, 0.15) is 23.3 Å².